The van der Waals surface area contributed by atoms with Gasteiger partial charge in [0, 0.05) is 13.5 Å². The van der Waals surface area contributed by atoms with Crippen molar-refractivity contribution in [1.29, 1.82) is 0 Å². The van der Waals surface area contributed by atoms with Crippen LogP contribution in [0.25, 0.3) is 0 Å². The highest BCUT2D eigenvalue weighted by atomic mass is 32.1. The average molecular weight is 181 g/mol. The molecule has 0 radical (unpaired) electrons. The van der Waals surface area contributed by atoms with Gasteiger partial charge in [-0.1, -0.05) is 42.5 Å². The third kappa shape index (κ3) is 2.60. The van der Waals surface area contributed by atoms with E-state index in [2.05, 4.69) is 0 Å². The minimum absolute atomic E-state index is 0.529. The highest BCUT2D eigenvalue weighted by molar-refractivity contribution is 7.80. The highest BCUT2D eigenvalue weighted by Crippen LogP contribution is 2.01. The molecule has 0 aliphatic heterocycles. The van der Waals surface area contributed by atoms with Gasteiger partial charge in [0.1, 0.15) is 4.99 Å². The maximum atomic E-state index is 8.97. The van der Waals surface area contributed by atoms with Crippen LogP contribution in [0, 0.1) is 0 Å². The zero-order valence-corrected chi connectivity index (χ0v) is 7.71. The molecule has 0 fully saturated rings. The zero-order valence-electron chi connectivity index (χ0n) is 6.90. The lowest BCUT2D eigenvalue weighted by Gasteiger charge is -2.10. The van der Waals surface area contributed by atoms with Gasteiger partial charge >= 0.3 is 0 Å². The Morgan fingerprint density at radius 3 is 2.50 bits per heavy atom. The summed E-state index contributed by atoms with van der Waals surface area (Å²) in [6.45, 7) is 0. The molecule has 1 N–H and O–H groups in total. The van der Waals surface area contributed by atoms with Crippen LogP contribution in [0.1, 0.15) is 5.56 Å². The minimum atomic E-state index is 0.529. The molecular formula is C9H11NOS. The maximum Gasteiger partial charge on any atom is 0.107 e. The molecule has 3 heteroatoms. The predicted octanol–water partition coefficient (Wildman–Crippen LogP) is 1.88. The molecule has 0 saturated heterocycles. The molecule has 0 unspecified atom stereocenters. The smallest absolute Gasteiger partial charge is 0.107 e. The molecule has 64 valence electrons. The van der Waals surface area contributed by atoms with Crippen molar-refractivity contribution in [2.45, 2.75) is 6.42 Å². The molecule has 0 aromatic heterocycles. The monoisotopic (exact) mass is 181 g/mol. The van der Waals surface area contributed by atoms with E-state index in [0.717, 1.165) is 10.6 Å². The van der Waals surface area contributed by atoms with Crippen LogP contribution in [0.5, 0.6) is 0 Å². The minimum Gasteiger partial charge on any atom is -0.288 e. The molecule has 0 aliphatic carbocycles. The van der Waals surface area contributed by atoms with Crippen molar-refractivity contribution in [2.75, 3.05) is 7.05 Å². The Kier molecular flexibility index (Phi) is 3.19. The van der Waals surface area contributed by atoms with Crippen molar-refractivity contribution >= 4 is 17.2 Å². The fraction of sp³-hybridized carbons (Fsp3) is 0.222. The number of likely N-dealkylation sites (N-methyl/N-ethyl adjacent to an activating group) is 1. The summed E-state index contributed by atoms with van der Waals surface area (Å²) in [5.74, 6) is 0. The van der Waals surface area contributed by atoms with Crippen molar-refractivity contribution in [3.8, 4) is 0 Å². The molecule has 0 heterocycles. The van der Waals surface area contributed by atoms with Crippen LogP contribution in [-0.2, 0) is 6.42 Å². The Morgan fingerprint density at radius 1 is 1.42 bits per heavy atom. The molecular weight excluding hydrogens is 170 g/mol. The molecule has 1 aromatic carbocycles. The largest absolute Gasteiger partial charge is 0.288 e. The molecule has 0 bridgehead atoms. The van der Waals surface area contributed by atoms with E-state index >= 15 is 0 Å². The van der Waals surface area contributed by atoms with Crippen molar-refractivity contribution < 1.29 is 5.21 Å². The van der Waals surface area contributed by atoms with Gasteiger partial charge in [0.25, 0.3) is 0 Å². The first-order valence-electron chi connectivity index (χ1n) is 3.69. The van der Waals surface area contributed by atoms with E-state index in [4.69, 9.17) is 17.4 Å². The van der Waals surface area contributed by atoms with Crippen LogP contribution in [0.3, 0.4) is 0 Å². The second-order valence-electron chi connectivity index (χ2n) is 2.58. The average Bonchev–Trinajstić information content (AvgIpc) is 2.06. The first kappa shape index (κ1) is 9.16. The van der Waals surface area contributed by atoms with E-state index in [9.17, 15) is 0 Å². The molecule has 0 aliphatic rings. The second-order valence-corrected chi connectivity index (χ2v) is 3.05. The number of thiocarbonyl (C=S) groups is 1. The Labute approximate surface area is 77.4 Å². The van der Waals surface area contributed by atoms with Crippen molar-refractivity contribution in [3.05, 3.63) is 35.9 Å². The number of hydrogen-bond acceptors (Lipinski definition) is 2. The van der Waals surface area contributed by atoms with Gasteiger partial charge < -0.3 is 0 Å². The number of nitrogens with zero attached hydrogens (tertiary/aromatic N) is 1. The lowest BCUT2D eigenvalue weighted by atomic mass is 10.1. The lowest BCUT2D eigenvalue weighted by Crippen LogP contribution is -2.22. The van der Waals surface area contributed by atoms with E-state index in [1.54, 1.807) is 0 Å². The fourth-order valence-electron chi connectivity index (χ4n) is 0.885. The van der Waals surface area contributed by atoms with E-state index < -0.39 is 0 Å². The number of hydrogen-bond donors (Lipinski definition) is 1. The summed E-state index contributed by atoms with van der Waals surface area (Å²) in [6.07, 6.45) is 0.614. The van der Waals surface area contributed by atoms with Crippen molar-refractivity contribution in [2.24, 2.45) is 0 Å². The quantitative estimate of drug-likeness (QED) is 0.556. The topological polar surface area (TPSA) is 23.5 Å². The Hall–Kier alpha value is -0.930. The summed E-state index contributed by atoms with van der Waals surface area (Å²) in [4.78, 5) is 0.529. The predicted molar refractivity (Wildman–Crippen MR) is 52.3 cm³/mol. The molecule has 0 amide bonds. The second kappa shape index (κ2) is 4.18. The molecule has 1 aromatic rings. The lowest BCUT2D eigenvalue weighted by molar-refractivity contribution is 0.0149. The van der Waals surface area contributed by atoms with E-state index in [0.29, 0.717) is 11.4 Å². The summed E-state index contributed by atoms with van der Waals surface area (Å²) in [7, 11) is 1.53. The molecule has 12 heavy (non-hydrogen) atoms. The molecule has 0 saturated carbocycles. The van der Waals surface area contributed by atoms with Gasteiger partial charge in [0.15, 0.2) is 0 Å². The van der Waals surface area contributed by atoms with Gasteiger partial charge in [0.05, 0.1) is 0 Å². The maximum absolute atomic E-state index is 8.97. The van der Waals surface area contributed by atoms with Crippen LogP contribution in [0.2, 0.25) is 0 Å². The Bertz CT molecular complexity index is 258. The van der Waals surface area contributed by atoms with Gasteiger partial charge in [-0.3, -0.25) is 10.3 Å². The van der Waals surface area contributed by atoms with E-state index in [-0.39, 0.29) is 0 Å². The van der Waals surface area contributed by atoms with Gasteiger partial charge in [-0.2, -0.15) is 0 Å². The molecule has 0 spiro atoms. The van der Waals surface area contributed by atoms with Crippen LogP contribution < -0.4 is 0 Å². The number of hydroxylamine groups is 2. The standard InChI is InChI=1S/C9H11NOS/c1-10(11)9(12)7-8-5-3-2-4-6-8/h2-6,11H,7H2,1H3. The van der Waals surface area contributed by atoms with Crippen LogP contribution in [-0.4, -0.2) is 22.3 Å². The fourth-order valence-corrected chi connectivity index (χ4v) is 1.05. The van der Waals surface area contributed by atoms with Crippen LogP contribution in [0.4, 0.5) is 0 Å². The van der Waals surface area contributed by atoms with Crippen molar-refractivity contribution in [1.82, 2.24) is 5.06 Å². The third-order valence-corrected chi connectivity index (χ3v) is 1.97. The van der Waals surface area contributed by atoms with Gasteiger partial charge in [-0.25, -0.2) is 0 Å². The Morgan fingerprint density at radius 2 is 2.00 bits per heavy atom. The van der Waals surface area contributed by atoms with Gasteiger partial charge in [0.2, 0.25) is 0 Å². The van der Waals surface area contributed by atoms with Gasteiger partial charge in [-0.05, 0) is 5.56 Å². The van der Waals surface area contributed by atoms with Gasteiger partial charge in [-0.15, -0.1) is 0 Å². The third-order valence-electron chi connectivity index (χ3n) is 1.56. The Balaban J connectivity index is 2.59. The summed E-state index contributed by atoms with van der Waals surface area (Å²) in [6, 6.07) is 9.82. The van der Waals surface area contributed by atoms with E-state index in [1.165, 1.54) is 7.05 Å². The van der Waals surface area contributed by atoms with Crippen LogP contribution in [0.15, 0.2) is 30.3 Å². The molecule has 1 rings (SSSR count). The SMILES string of the molecule is CN(O)C(=S)Cc1ccccc1. The highest BCUT2D eigenvalue weighted by Gasteiger charge is 2.00. The zero-order chi connectivity index (χ0) is 8.97. The normalized spacial score (nSPS) is 9.50. The summed E-state index contributed by atoms with van der Waals surface area (Å²) in [5.41, 5.74) is 1.11. The van der Waals surface area contributed by atoms with Crippen molar-refractivity contribution in [3.63, 3.8) is 0 Å². The molecule has 2 nitrogen and oxygen atoms in total. The first-order valence-corrected chi connectivity index (χ1v) is 4.10. The summed E-state index contributed by atoms with van der Waals surface area (Å²) >= 11 is 4.94. The summed E-state index contributed by atoms with van der Waals surface area (Å²) < 4.78 is 0. The number of rotatable bonds is 2. The van der Waals surface area contributed by atoms with Crippen LogP contribution >= 0.6 is 12.2 Å². The first-order chi connectivity index (χ1) is 5.70. The number of benzene rings is 1. The summed E-state index contributed by atoms with van der Waals surface area (Å²) in [5, 5.41) is 9.95. The van der Waals surface area contributed by atoms with E-state index in [1.807, 2.05) is 30.3 Å². The molecule has 0 atom stereocenters.